The van der Waals surface area contributed by atoms with Crippen molar-refractivity contribution in [2.75, 3.05) is 26.2 Å². The molecular weight excluding hydrogens is 337 g/mol. The van der Waals surface area contributed by atoms with Gasteiger partial charge in [-0.1, -0.05) is 37.3 Å². The van der Waals surface area contributed by atoms with Crippen LogP contribution in [0.5, 0.6) is 0 Å². The maximum absolute atomic E-state index is 13.2. The second kappa shape index (κ2) is 10.0. The highest BCUT2D eigenvalue weighted by Crippen LogP contribution is 2.26. The Labute approximate surface area is 164 Å². The summed E-state index contributed by atoms with van der Waals surface area (Å²) >= 11 is 0. The van der Waals surface area contributed by atoms with Gasteiger partial charge in [0, 0.05) is 69.1 Å². The zero-order valence-electron chi connectivity index (χ0n) is 16.7. The minimum absolute atomic E-state index is 0.482. The number of rotatable bonds is 7. The van der Waals surface area contributed by atoms with Gasteiger partial charge >= 0.3 is 0 Å². The van der Waals surface area contributed by atoms with E-state index in [1.807, 2.05) is 31.4 Å². The summed E-state index contributed by atoms with van der Waals surface area (Å²) in [5.41, 5.74) is 3.35. The first-order valence-corrected chi connectivity index (χ1v) is 10.5. The van der Waals surface area contributed by atoms with Gasteiger partial charge < -0.3 is 4.90 Å². The maximum Gasteiger partial charge on any atom is 0.122 e. The van der Waals surface area contributed by atoms with Gasteiger partial charge in [-0.25, -0.2) is 4.39 Å². The lowest BCUT2D eigenvalue weighted by atomic mass is 9.91. The Morgan fingerprint density at radius 3 is 2.78 bits per heavy atom. The number of halogens is 1. The largest absolute Gasteiger partial charge is 0.374 e. The summed E-state index contributed by atoms with van der Waals surface area (Å²) in [5.74, 6) is 0. The quantitative estimate of drug-likeness (QED) is 0.584. The van der Waals surface area contributed by atoms with Crippen LogP contribution < -0.4 is 0 Å². The summed E-state index contributed by atoms with van der Waals surface area (Å²) in [5, 5.41) is 0. The Bertz CT molecular complexity index is 628. The van der Waals surface area contributed by atoms with Crippen LogP contribution in [0.4, 0.5) is 4.39 Å². The minimum atomic E-state index is -0.830. The fourth-order valence-corrected chi connectivity index (χ4v) is 3.97. The van der Waals surface area contributed by atoms with Crippen LogP contribution in [-0.2, 0) is 0 Å². The van der Waals surface area contributed by atoms with Gasteiger partial charge in [0.2, 0.25) is 0 Å². The lowest BCUT2D eigenvalue weighted by Gasteiger charge is -2.36. The van der Waals surface area contributed by atoms with Crippen LogP contribution in [0, 0.1) is 0 Å². The summed E-state index contributed by atoms with van der Waals surface area (Å²) in [6.45, 7) is 10.9. The number of nitrogens with zero attached hydrogens (tertiary/aromatic N) is 3. The average molecular weight is 372 g/mol. The van der Waals surface area contributed by atoms with E-state index in [0.29, 0.717) is 6.42 Å². The zero-order chi connectivity index (χ0) is 19.1. The van der Waals surface area contributed by atoms with E-state index in [2.05, 4.69) is 21.4 Å². The van der Waals surface area contributed by atoms with Crippen molar-refractivity contribution < 1.29 is 4.39 Å². The lowest BCUT2D eigenvalue weighted by molar-refractivity contribution is 0.133. The molecule has 4 heteroatoms. The molecule has 1 saturated carbocycles. The first kappa shape index (κ1) is 20.1. The smallest absolute Gasteiger partial charge is 0.122 e. The van der Waals surface area contributed by atoms with Crippen molar-refractivity contribution in [1.29, 1.82) is 0 Å². The van der Waals surface area contributed by atoms with Crippen molar-refractivity contribution in [3.63, 3.8) is 0 Å². The maximum atomic E-state index is 13.2. The highest BCUT2D eigenvalue weighted by molar-refractivity contribution is 5.62. The van der Waals surface area contributed by atoms with Crippen molar-refractivity contribution in [1.82, 2.24) is 9.80 Å². The van der Waals surface area contributed by atoms with Gasteiger partial charge in [-0.15, -0.1) is 0 Å². The molecule has 3 nitrogen and oxygen atoms in total. The van der Waals surface area contributed by atoms with E-state index in [1.165, 1.54) is 37.9 Å². The van der Waals surface area contributed by atoms with Crippen molar-refractivity contribution in [3.8, 4) is 0 Å². The van der Waals surface area contributed by atoms with E-state index in [-0.39, 0.29) is 0 Å². The number of aliphatic imine (C=N–C) groups is 1. The average Bonchev–Trinajstić information content (AvgIpc) is 2.87. The summed E-state index contributed by atoms with van der Waals surface area (Å²) in [4.78, 5) is 9.76. The zero-order valence-corrected chi connectivity index (χ0v) is 16.7. The molecule has 1 saturated heterocycles. The van der Waals surface area contributed by atoms with Crippen molar-refractivity contribution in [2.24, 2.45) is 4.99 Å². The van der Waals surface area contributed by atoms with E-state index in [4.69, 9.17) is 0 Å². The van der Waals surface area contributed by atoms with Crippen molar-refractivity contribution >= 4 is 6.21 Å². The number of hydrogen-bond donors (Lipinski definition) is 0. The lowest BCUT2D eigenvalue weighted by Crippen LogP contribution is -2.42. The van der Waals surface area contributed by atoms with Crippen LogP contribution in [-0.4, -0.2) is 54.4 Å². The number of alkyl halides is 1. The molecular formula is C23H34FN3. The molecule has 0 aromatic carbocycles. The predicted octanol–water partition coefficient (Wildman–Crippen LogP) is 5.04. The van der Waals surface area contributed by atoms with Crippen molar-refractivity contribution in [2.45, 2.75) is 64.1 Å². The monoisotopic (exact) mass is 371 g/mol. The molecule has 0 spiro atoms. The molecule has 1 atom stereocenters. The summed E-state index contributed by atoms with van der Waals surface area (Å²) in [6.07, 6.45) is 16.1. The number of hydrogen-bond acceptors (Lipinski definition) is 3. The molecule has 3 aliphatic rings. The Balaban J connectivity index is 1.43. The standard InChI is InChI=1S/C23H34FN3/c1-3-22(18-20-8-10-21(24)11-9-20)25-13-12-19(2)26-14-5-15-27(17-16-26)23-6-4-7-23/h3,8-10,13,21,23H,2,4-7,11-12,14-18H2,1H3/b22-3-,25-13-/t21-/m0/s1. The molecule has 0 radical (unpaired) electrons. The molecule has 27 heavy (non-hydrogen) atoms. The van der Waals surface area contributed by atoms with Gasteiger partial charge in [0.05, 0.1) is 0 Å². The van der Waals surface area contributed by atoms with E-state index in [1.54, 1.807) is 6.08 Å². The van der Waals surface area contributed by atoms with Gasteiger partial charge in [-0.3, -0.25) is 9.89 Å². The molecule has 0 amide bonds. The molecule has 2 fully saturated rings. The van der Waals surface area contributed by atoms with E-state index in [0.717, 1.165) is 49.8 Å². The molecule has 0 aromatic heterocycles. The molecule has 0 aromatic rings. The number of allylic oxidation sites excluding steroid dienone is 6. The Morgan fingerprint density at radius 2 is 2.11 bits per heavy atom. The van der Waals surface area contributed by atoms with Crippen LogP contribution in [0.15, 0.2) is 52.8 Å². The van der Waals surface area contributed by atoms with E-state index < -0.39 is 6.17 Å². The van der Waals surface area contributed by atoms with E-state index in [9.17, 15) is 4.39 Å². The van der Waals surface area contributed by atoms with Crippen molar-refractivity contribution in [3.05, 3.63) is 47.9 Å². The summed E-state index contributed by atoms with van der Waals surface area (Å²) < 4.78 is 13.2. The Hall–Kier alpha value is -1.68. The summed E-state index contributed by atoms with van der Waals surface area (Å²) in [7, 11) is 0. The van der Waals surface area contributed by atoms with Gasteiger partial charge in [-0.05, 0) is 31.8 Å². The summed E-state index contributed by atoms with van der Waals surface area (Å²) in [6, 6.07) is 0.841. The highest BCUT2D eigenvalue weighted by atomic mass is 19.1. The van der Waals surface area contributed by atoms with Crippen LogP contribution in [0.2, 0.25) is 0 Å². The minimum Gasteiger partial charge on any atom is -0.374 e. The molecule has 0 unspecified atom stereocenters. The third-order valence-corrected chi connectivity index (χ3v) is 6.00. The van der Waals surface area contributed by atoms with Gasteiger partial charge in [0.25, 0.3) is 0 Å². The van der Waals surface area contributed by atoms with Crippen LogP contribution in [0.25, 0.3) is 0 Å². The second-order valence-electron chi connectivity index (χ2n) is 7.89. The fourth-order valence-electron chi connectivity index (χ4n) is 3.97. The molecule has 2 aliphatic carbocycles. The van der Waals surface area contributed by atoms with E-state index >= 15 is 0 Å². The molecule has 0 N–H and O–H groups in total. The van der Waals surface area contributed by atoms with Gasteiger partial charge in [0.1, 0.15) is 6.17 Å². The Kier molecular flexibility index (Phi) is 7.45. The predicted molar refractivity (Wildman–Crippen MR) is 113 cm³/mol. The van der Waals surface area contributed by atoms with Gasteiger partial charge in [-0.2, -0.15) is 0 Å². The molecule has 1 aliphatic heterocycles. The second-order valence-corrected chi connectivity index (χ2v) is 7.89. The third-order valence-electron chi connectivity index (χ3n) is 6.00. The highest BCUT2D eigenvalue weighted by Gasteiger charge is 2.26. The first-order chi connectivity index (χ1) is 13.2. The molecule has 0 bridgehead atoms. The topological polar surface area (TPSA) is 18.8 Å². The van der Waals surface area contributed by atoms with Crippen LogP contribution in [0.3, 0.4) is 0 Å². The molecule has 148 valence electrons. The van der Waals surface area contributed by atoms with Gasteiger partial charge in [0.15, 0.2) is 0 Å². The normalized spacial score (nSPS) is 25.4. The molecule has 3 rings (SSSR count). The Morgan fingerprint density at radius 1 is 1.26 bits per heavy atom. The first-order valence-electron chi connectivity index (χ1n) is 10.5. The third kappa shape index (κ3) is 5.90. The fraction of sp³-hybridized carbons (Fsp3) is 0.609. The van der Waals surface area contributed by atoms with Crippen LogP contribution in [0.1, 0.15) is 51.9 Å². The SMILES string of the molecule is C=C(C/C=N\C(=C/C)CC1=CC[C@@H](F)C=C1)N1CCCN(C2CCC2)CC1. The molecule has 1 heterocycles. The van der Waals surface area contributed by atoms with Crippen LogP contribution >= 0.6 is 0 Å².